The summed E-state index contributed by atoms with van der Waals surface area (Å²) in [4.78, 5) is 22.2. The lowest BCUT2D eigenvalue weighted by molar-refractivity contribution is -0.129. The van der Waals surface area contributed by atoms with Crippen molar-refractivity contribution < 1.29 is 14.0 Å². The van der Waals surface area contributed by atoms with Gasteiger partial charge in [-0.3, -0.25) is 9.59 Å². The van der Waals surface area contributed by atoms with Crippen LogP contribution in [0.15, 0.2) is 0 Å². The Morgan fingerprint density at radius 1 is 1.36 bits per heavy atom. The minimum Gasteiger partial charge on any atom is -0.300 e. The minimum absolute atomic E-state index is 0.00648. The summed E-state index contributed by atoms with van der Waals surface area (Å²) in [6.07, 6.45) is 2.11. The second-order valence-corrected chi connectivity index (χ2v) is 4.53. The van der Waals surface area contributed by atoms with Crippen molar-refractivity contribution in [2.75, 3.05) is 0 Å². The molecule has 0 N–H and O–H groups in total. The van der Waals surface area contributed by atoms with Crippen molar-refractivity contribution in [3.63, 3.8) is 0 Å². The van der Waals surface area contributed by atoms with Crippen LogP contribution in [0.25, 0.3) is 0 Å². The van der Waals surface area contributed by atoms with E-state index in [1.54, 1.807) is 6.92 Å². The smallest absolute Gasteiger partial charge is 0.143 e. The summed E-state index contributed by atoms with van der Waals surface area (Å²) in [5.74, 6) is -0.181. The molecule has 0 aliphatic heterocycles. The van der Waals surface area contributed by atoms with Crippen molar-refractivity contribution in [1.29, 1.82) is 0 Å². The number of halogens is 1. The van der Waals surface area contributed by atoms with Crippen molar-refractivity contribution in [3.05, 3.63) is 0 Å². The Morgan fingerprint density at radius 2 is 1.86 bits per heavy atom. The highest BCUT2D eigenvalue weighted by atomic mass is 19.1. The zero-order valence-electron chi connectivity index (χ0n) is 8.81. The molecule has 0 atom stereocenters. The highest BCUT2D eigenvalue weighted by Gasteiger charge is 2.33. The fraction of sp³-hybridized carbons (Fsp3) is 0.818. The molecule has 0 unspecified atom stereocenters. The maximum absolute atomic E-state index is 13.4. The number of hydrogen-bond acceptors (Lipinski definition) is 2. The Bertz CT molecular complexity index is 236. The molecule has 0 aromatic heterocycles. The number of carbonyl (C=O) groups excluding carboxylic acids is 2. The molecule has 0 saturated heterocycles. The Morgan fingerprint density at radius 3 is 2.29 bits per heavy atom. The van der Waals surface area contributed by atoms with Crippen LogP contribution in [-0.2, 0) is 9.59 Å². The summed E-state index contributed by atoms with van der Waals surface area (Å²) in [6, 6.07) is 0. The average Bonchev–Trinajstić information content (AvgIpc) is 2.02. The second kappa shape index (κ2) is 4.20. The van der Waals surface area contributed by atoms with E-state index in [2.05, 4.69) is 0 Å². The third-order valence-corrected chi connectivity index (χ3v) is 2.91. The van der Waals surface area contributed by atoms with E-state index in [0.717, 1.165) is 0 Å². The summed E-state index contributed by atoms with van der Waals surface area (Å²) >= 11 is 0. The minimum atomic E-state index is -1.10. The topological polar surface area (TPSA) is 34.1 Å². The van der Waals surface area contributed by atoms with E-state index >= 15 is 0 Å². The van der Waals surface area contributed by atoms with Crippen molar-refractivity contribution >= 4 is 11.6 Å². The van der Waals surface area contributed by atoms with Crippen LogP contribution in [0, 0.1) is 5.92 Å². The maximum Gasteiger partial charge on any atom is 0.143 e. The van der Waals surface area contributed by atoms with Crippen LogP contribution in [0.5, 0.6) is 0 Å². The van der Waals surface area contributed by atoms with Gasteiger partial charge < -0.3 is 0 Å². The SMILES string of the molecule is CC(=O)CC(=O)C1CCC(C)(F)CC1. The third kappa shape index (κ3) is 3.20. The maximum atomic E-state index is 13.4. The molecule has 0 heterocycles. The predicted octanol–water partition coefficient (Wildman–Crippen LogP) is 2.45. The summed E-state index contributed by atoms with van der Waals surface area (Å²) in [5.41, 5.74) is -1.10. The lowest BCUT2D eigenvalue weighted by Gasteiger charge is -2.30. The molecule has 0 bridgehead atoms. The van der Waals surface area contributed by atoms with Crippen LogP contribution in [0.2, 0.25) is 0 Å². The fourth-order valence-corrected chi connectivity index (χ4v) is 1.93. The van der Waals surface area contributed by atoms with Crippen molar-refractivity contribution in [2.45, 2.75) is 51.6 Å². The first-order chi connectivity index (χ1) is 6.41. The van der Waals surface area contributed by atoms with Gasteiger partial charge in [0.25, 0.3) is 0 Å². The highest BCUT2D eigenvalue weighted by molar-refractivity contribution is 5.99. The van der Waals surface area contributed by atoms with Crippen molar-refractivity contribution in [3.8, 4) is 0 Å². The first kappa shape index (κ1) is 11.3. The van der Waals surface area contributed by atoms with Gasteiger partial charge in [-0.1, -0.05) is 0 Å². The Labute approximate surface area is 83.9 Å². The summed E-state index contributed by atoms with van der Waals surface area (Å²) in [5, 5.41) is 0. The summed E-state index contributed by atoms with van der Waals surface area (Å²) < 4.78 is 13.4. The molecule has 2 nitrogen and oxygen atoms in total. The van der Waals surface area contributed by atoms with Gasteiger partial charge in [0.15, 0.2) is 0 Å². The first-order valence-electron chi connectivity index (χ1n) is 5.12. The van der Waals surface area contributed by atoms with E-state index in [4.69, 9.17) is 0 Å². The van der Waals surface area contributed by atoms with Gasteiger partial charge in [-0.25, -0.2) is 4.39 Å². The zero-order chi connectivity index (χ0) is 10.8. The monoisotopic (exact) mass is 200 g/mol. The van der Waals surface area contributed by atoms with E-state index in [1.807, 2.05) is 0 Å². The molecule has 14 heavy (non-hydrogen) atoms. The van der Waals surface area contributed by atoms with Gasteiger partial charge in [-0.05, 0) is 39.5 Å². The van der Waals surface area contributed by atoms with Crippen LogP contribution in [0.4, 0.5) is 4.39 Å². The molecule has 0 aromatic rings. The van der Waals surface area contributed by atoms with E-state index in [-0.39, 0.29) is 23.9 Å². The Kier molecular flexibility index (Phi) is 3.40. The number of hydrogen-bond donors (Lipinski definition) is 0. The van der Waals surface area contributed by atoms with Gasteiger partial charge in [-0.15, -0.1) is 0 Å². The van der Waals surface area contributed by atoms with Crippen LogP contribution in [0.1, 0.15) is 46.0 Å². The second-order valence-electron chi connectivity index (χ2n) is 4.53. The molecule has 0 aromatic carbocycles. The molecule has 1 saturated carbocycles. The normalized spacial score (nSPS) is 32.6. The van der Waals surface area contributed by atoms with Crippen molar-refractivity contribution in [1.82, 2.24) is 0 Å². The number of Topliss-reactive ketones (excluding diaryl/α,β-unsaturated/α-hetero) is 2. The standard InChI is InChI=1S/C11H17FO2/c1-8(13)7-10(14)9-3-5-11(2,12)6-4-9/h9H,3-7H2,1-2H3. The molecule has 80 valence electrons. The van der Waals surface area contributed by atoms with Crippen LogP contribution in [-0.4, -0.2) is 17.2 Å². The van der Waals surface area contributed by atoms with E-state index in [9.17, 15) is 14.0 Å². The Balaban J connectivity index is 2.42. The Hall–Kier alpha value is -0.730. The molecular weight excluding hydrogens is 183 g/mol. The number of ketones is 2. The van der Waals surface area contributed by atoms with E-state index in [0.29, 0.717) is 25.7 Å². The molecule has 1 rings (SSSR count). The van der Waals surface area contributed by atoms with Gasteiger partial charge in [0, 0.05) is 5.92 Å². The molecule has 3 heteroatoms. The van der Waals surface area contributed by atoms with Crippen LogP contribution < -0.4 is 0 Å². The predicted molar refractivity (Wildman–Crippen MR) is 51.8 cm³/mol. The quantitative estimate of drug-likeness (QED) is 0.656. The molecule has 0 amide bonds. The zero-order valence-corrected chi connectivity index (χ0v) is 8.81. The molecule has 0 spiro atoms. The fourth-order valence-electron chi connectivity index (χ4n) is 1.93. The van der Waals surface area contributed by atoms with Crippen LogP contribution in [0.3, 0.4) is 0 Å². The molecule has 1 fully saturated rings. The molecule has 0 radical (unpaired) electrons. The number of rotatable bonds is 3. The van der Waals surface area contributed by atoms with E-state index < -0.39 is 5.67 Å². The first-order valence-corrected chi connectivity index (χ1v) is 5.12. The lowest BCUT2D eigenvalue weighted by atomic mass is 9.78. The van der Waals surface area contributed by atoms with Crippen molar-refractivity contribution in [2.24, 2.45) is 5.92 Å². The van der Waals surface area contributed by atoms with Gasteiger partial charge in [-0.2, -0.15) is 0 Å². The van der Waals surface area contributed by atoms with Gasteiger partial charge in [0.2, 0.25) is 0 Å². The largest absolute Gasteiger partial charge is 0.300 e. The highest BCUT2D eigenvalue weighted by Crippen LogP contribution is 2.35. The molecule has 1 aliphatic rings. The van der Waals surface area contributed by atoms with Gasteiger partial charge >= 0.3 is 0 Å². The van der Waals surface area contributed by atoms with E-state index in [1.165, 1.54) is 6.92 Å². The number of alkyl halides is 1. The average molecular weight is 200 g/mol. The summed E-state index contributed by atoms with van der Waals surface area (Å²) in [7, 11) is 0. The lowest BCUT2D eigenvalue weighted by Crippen LogP contribution is -2.30. The van der Waals surface area contributed by atoms with Crippen LogP contribution >= 0.6 is 0 Å². The molecular formula is C11H17FO2. The molecule has 1 aliphatic carbocycles. The van der Waals surface area contributed by atoms with Gasteiger partial charge in [0.05, 0.1) is 6.42 Å². The summed E-state index contributed by atoms with van der Waals surface area (Å²) in [6.45, 7) is 3.00. The number of carbonyl (C=O) groups is 2. The van der Waals surface area contributed by atoms with Gasteiger partial charge in [0.1, 0.15) is 17.2 Å². The third-order valence-electron chi connectivity index (χ3n) is 2.91.